The summed E-state index contributed by atoms with van der Waals surface area (Å²) in [5.41, 5.74) is 6.64. The molecule has 1 aromatic heterocycles. The SMILES string of the molecule is COc1cc(F)c(-c2ncn(C)c2CN)cc1F. The van der Waals surface area contributed by atoms with Crippen LogP contribution in [0.15, 0.2) is 18.5 Å². The molecule has 2 rings (SSSR count). The van der Waals surface area contributed by atoms with Gasteiger partial charge in [-0.1, -0.05) is 0 Å². The Hall–Kier alpha value is -1.95. The Morgan fingerprint density at radius 1 is 1.33 bits per heavy atom. The van der Waals surface area contributed by atoms with E-state index in [0.29, 0.717) is 11.4 Å². The highest BCUT2D eigenvalue weighted by Crippen LogP contribution is 2.29. The lowest BCUT2D eigenvalue weighted by atomic mass is 10.1. The number of methoxy groups -OCH3 is 1. The molecule has 0 saturated carbocycles. The normalized spacial score (nSPS) is 10.7. The topological polar surface area (TPSA) is 53.1 Å². The van der Waals surface area contributed by atoms with Gasteiger partial charge in [-0.2, -0.15) is 0 Å². The van der Waals surface area contributed by atoms with Crippen LogP contribution in [0.25, 0.3) is 11.3 Å². The number of halogens is 2. The molecule has 0 aliphatic rings. The Labute approximate surface area is 103 Å². The van der Waals surface area contributed by atoms with Crippen molar-refractivity contribution in [3.05, 3.63) is 35.8 Å². The number of ether oxygens (including phenoxy) is 1. The number of nitrogens with two attached hydrogens (primary N) is 1. The molecule has 0 radical (unpaired) electrons. The zero-order chi connectivity index (χ0) is 13.3. The molecule has 18 heavy (non-hydrogen) atoms. The molecule has 1 heterocycles. The zero-order valence-corrected chi connectivity index (χ0v) is 10.1. The van der Waals surface area contributed by atoms with E-state index in [1.807, 2.05) is 0 Å². The van der Waals surface area contributed by atoms with Gasteiger partial charge in [0.05, 0.1) is 24.8 Å². The van der Waals surface area contributed by atoms with Crippen molar-refractivity contribution in [1.29, 1.82) is 0 Å². The van der Waals surface area contributed by atoms with Gasteiger partial charge in [0, 0.05) is 25.2 Å². The summed E-state index contributed by atoms with van der Waals surface area (Å²) >= 11 is 0. The second kappa shape index (κ2) is 4.73. The summed E-state index contributed by atoms with van der Waals surface area (Å²) in [5, 5.41) is 0. The third-order valence-electron chi connectivity index (χ3n) is 2.75. The lowest BCUT2D eigenvalue weighted by molar-refractivity contribution is 0.383. The molecular formula is C12H13F2N3O. The molecule has 2 N–H and O–H groups in total. The van der Waals surface area contributed by atoms with Crippen molar-refractivity contribution in [2.75, 3.05) is 7.11 Å². The van der Waals surface area contributed by atoms with Gasteiger partial charge < -0.3 is 15.0 Å². The van der Waals surface area contributed by atoms with Crippen LogP contribution < -0.4 is 10.5 Å². The Kier molecular flexibility index (Phi) is 3.29. The highest BCUT2D eigenvalue weighted by molar-refractivity contribution is 5.64. The second-order valence-corrected chi connectivity index (χ2v) is 3.82. The van der Waals surface area contributed by atoms with Gasteiger partial charge in [-0.05, 0) is 6.07 Å². The first-order chi connectivity index (χ1) is 8.58. The average Bonchev–Trinajstić information content (AvgIpc) is 2.72. The molecule has 6 heteroatoms. The first kappa shape index (κ1) is 12.5. The van der Waals surface area contributed by atoms with E-state index in [1.54, 1.807) is 11.6 Å². The van der Waals surface area contributed by atoms with Crippen LogP contribution >= 0.6 is 0 Å². The number of aryl methyl sites for hydroxylation is 1. The number of aromatic nitrogens is 2. The minimum Gasteiger partial charge on any atom is -0.494 e. The molecular weight excluding hydrogens is 240 g/mol. The van der Waals surface area contributed by atoms with E-state index in [9.17, 15) is 8.78 Å². The third kappa shape index (κ3) is 1.95. The number of hydrogen-bond donors (Lipinski definition) is 1. The van der Waals surface area contributed by atoms with Gasteiger partial charge in [-0.15, -0.1) is 0 Å². The van der Waals surface area contributed by atoms with Crippen molar-refractivity contribution in [1.82, 2.24) is 9.55 Å². The maximum atomic E-state index is 13.9. The van der Waals surface area contributed by atoms with Crippen LogP contribution in [-0.2, 0) is 13.6 Å². The summed E-state index contributed by atoms with van der Waals surface area (Å²) < 4.78 is 33.9. The molecule has 0 spiro atoms. The van der Waals surface area contributed by atoms with Gasteiger partial charge in [0.15, 0.2) is 11.6 Å². The predicted octanol–water partition coefficient (Wildman–Crippen LogP) is 1.83. The van der Waals surface area contributed by atoms with Crippen LogP contribution in [0, 0.1) is 11.6 Å². The molecule has 0 unspecified atom stereocenters. The standard InChI is InChI=1S/C12H13F2N3O/c1-17-6-16-12(10(17)5-15)7-3-9(14)11(18-2)4-8(7)13/h3-4,6H,5,15H2,1-2H3. The van der Waals surface area contributed by atoms with Crippen molar-refractivity contribution in [2.45, 2.75) is 6.54 Å². The Morgan fingerprint density at radius 3 is 2.67 bits per heavy atom. The Bertz CT molecular complexity index is 581. The van der Waals surface area contributed by atoms with Crippen molar-refractivity contribution >= 4 is 0 Å². The summed E-state index contributed by atoms with van der Waals surface area (Å²) in [6.07, 6.45) is 1.51. The molecule has 96 valence electrons. The van der Waals surface area contributed by atoms with E-state index in [0.717, 1.165) is 12.1 Å². The quantitative estimate of drug-likeness (QED) is 0.908. The second-order valence-electron chi connectivity index (χ2n) is 3.82. The van der Waals surface area contributed by atoms with Crippen molar-refractivity contribution in [3.8, 4) is 17.0 Å². The van der Waals surface area contributed by atoms with Crippen LogP contribution in [-0.4, -0.2) is 16.7 Å². The van der Waals surface area contributed by atoms with Crippen molar-refractivity contribution < 1.29 is 13.5 Å². The van der Waals surface area contributed by atoms with Crippen molar-refractivity contribution in [2.24, 2.45) is 12.8 Å². The molecule has 0 bridgehead atoms. The maximum absolute atomic E-state index is 13.9. The highest BCUT2D eigenvalue weighted by atomic mass is 19.1. The number of hydrogen-bond acceptors (Lipinski definition) is 3. The molecule has 0 aliphatic carbocycles. The fraction of sp³-hybridized carbons (Fsp3) is 0.250. The largest absolute Gasteiger partial charge is 0.494 e. The Morgan fingerprint density at radius 2 is 2.06 bits per heavy atom. The third-order valence-corrected chi connectivity index (χ3v) is 2.75. The van der Waals surface area contributed by atoms with Gasteiger partial charge in [0.2, 0.25) is 0 Å². The molecule has 2 aromatic rings. The summed E-state index contributed by atoms with van der Waals surface area (Å²) in [4.78, 5) is 4.05. The molecule has 0 saturated heterocycles. The van der Waals surface area contributed by atoms with Crippen molar-refractivity contribution in [3.63, 3.8) is 0 Å². The highest BCUT2D eigenvalue weighted by Gasteiger charge is 2.17. The monoisotopic (exact) mass is 253 g/mol. The summed E-state index contributed by atoms with van der Waals surface area (Å²) in [6, 6.07) is 2.06. The van der Waals surface area contributed by atoms with Crippen LogP contribution in [0.1, 0.15) is 5.69 Å². The summed E-state index contributed by atoms with van der Waals surface area (Å²) in [6.45, 7) is 0.193. The zero-order valence-electron chi connectivity index (χ0n) is 10.1. The number of nitrogens with zero attached hydrogens (tertiary/aromatic N) is 2. The lowest BCUT2D eigenvalue weighted by Crippen LogP contribution is -2.05. The van der Waals surface area contributed by atoms with Crippen LogP contribution in [0.3, 0.4) is 0 Å². The van der Waals surface area contributed by atoms with Gasteiger partial charge >= 0.3 is 0 Å². The molecule has 1 aromatic carbocycles. The minimum absolute atomic E-state index is 0.0781. The number of imidazole rings is 1. The number of rotatable bonds is 3. The first-order valence-electron chi connectivity index (χ1n) is 5.32. The van der Waals surface area contributed by atoms with Crippen LogP contribution in [0.4, 0.5) is 8.78 Å². The molecule has 0 aliphatic heterocycles. The minimum atomic E-state index is -0.637. The first-order valence-corrected chi connectivity index (χ1v) is 5.32. The summed E-state index contributed by atoms with van der Waals surface area (Å²) in [5.74, 6) is -1.37. The number of benzene rings is 1. The Balaban J connectivity index is 2.60. The van der Waals surface area contributed by atoms with E-state index in [-0.39, 0.29) is 17.9 Å². The van der Waals surface area contributed by atoms with Gasteiger partial charge in [-0.3, -0.25) is 0 Å². The van der Waals surface area contributed by atoms with E-state index in [2.05, 4.69) is 4.98 Å². The van der Waals surface area contributed by atoms with E-state index in [4.69, 9.17) is 10.5 Å². The molecule has 0 amide bonds. The van der Waals surface area contributed by atoms with Gasteiger partial charge in [0.1, 0.15) is 5.82 Å². The van der Waals surface area contributed by atoms with E-state index >= 15 is 0 Å². The van der Waals surface area contributed by atoms with Crippen LogP contribution in [0.2, 0.25) is 0 Å². The van der Waals surface area contributed by atoms with E-state index in [1.165, 1.54) is 13.4 Å². The fourth-order valence-corrected chi connectivity index (χ4v) is 1.79. The van der Waals surface area contributed by atoms with Crippen LogP contribution in [0.5, 0.6) is 5.75 Å². The summed E-state index contributed by atoms with van der Waals surface area (Å²) in [7, 11) is 3.03. The van der Waals surface area contributed by atoms with Gasteiger partial charge in [-0.25, -0.2) is 13.8 Å². The molecule has 0 fully saturated rings. The maximum Gasteiger partial charge on any atom is 0.165 e. The van der Waals surface area contributed by atoms with Gasteiger partial charge in [0.25, 0.3) is 0 Å². The fourth-order valence-electron chi connectivity index (χ4n) is 1.79. The smallest absolute Gasteiger partial charge is 0.165 e. The molecule has 4 nitrogen and oxygen atoms in total. The average molecular weight is 253 g/mol. The molecule has 0 atom stereocenters. The lowest BCUT2D eigenvalue weighted by Gasteiger charge is -2.07. The van der Waals surface area contributed by atoms with E-state index < -0.39 is 11.6 Å². The predicted molar refractivity (Wildman–Crippen MR) is 63.0 cm³/mol.